The molecule has 1 aliphatic heterocycles. The number of nitrogens with zero attached hydrogens (tertiary/aromatic N) is 2. The number of hydrogen-bond donors (Lipinski definition) is 3. The van der Waals surface area contributed by atoms with Crippen LogP contribution < -0.4 is 16.2 Å². The standard InChI is InChI=1S/C15H24N4O3/c1-4-19(16)14-9(2)13(12(15(20)21)10(3)17-14)18-11-5-7-22-8-6-11/h11H,4-8,16H2,1-3H3,(H,17,18)(H,20,21). The lowest BCUT2D eigenvalue weighted by atomic mass is 10.0. The number of hydrogen-bond acceptors (Lipinski definition) is 6. The number of nitrogens with one attached hydrogen (secondary N) is 1. The smallest absolute Gasteiger partial charge is 0.339 e. The number of pyridine rings is 1. The van der Waals surface area contributed by atoms with Crippen LogP contribution in [-0.4, -0.2) is 41.9 Å². The summed E-state index contributed by atoms with van der Waals surface area (Å²) in [6.45, 7) is 7.45. The second-order valence-electron chi connectivity index (χ2n) is 5.52. The molecule has 0 saturated carbocycles. The van der Waals surface area contributed by atoms with Gasteiger partial charge in [-0.1, -0.05) is 0 Å². The van der Waals surface area contributed by atoms with Crippen molar-refractivity contribution in [3.8, 4) is 0 Å². The normalized spacial score (nSPS) is 15.6. The lowest BCUT2D eigenvalue weighted by Gasteiger charge is -2.28. The summed E-state index contributed by atoms with van der Waals surface area (Å²) in [5.41, 5.74) is 2.06. The van der Waals surface area contributed by atoms with Crippen LogP contribution in [0.4, 0.5) is 11.5 Å². The summed E-state index contributed by atoms with van der Waals surface area (Å²) in [5.74, 6) is 5.60. The Bertz CT molecular complexity index is 556. The predicted octanol–water partition coefficient (Wildman–Crippen LogP) is 1.69. The highest BCUT2D eigenvalue weighted by molar-refractivity contribution is 5.97. The van der Waals surface area contributed by atoms with Crippen LogP contribution >= 0.6 is 0 Å². The first kappa shape index (κ1) is 16.5. The number of hydrazine groups is 1. The minimum atomic E-state index is -0.978. The van der Waals surface area contributed by atoms with Gasteiger partial charge in [0.05, 0.1) is 11.4 Å². The number of carboxylic acids is 1. The van der Waals surface area contributed by atoms with Crippen LogP contribution in [0.1, 0.15) is 41.4 Å². The van der Waals surface area contributed by atoms with Gasteiger partial charge in [-0.3, -0.25) is 5.01 Å². The van der Waals surface area contributed by atoms with Crippen LogP contribution in [0.3, 0.4) is 0 Å². The first-order valence-electron chi connectivity index (χ1n) is 7.56. The maximum Gasteiger partial charge on any atom is 0.339 e. The number of carbonyl (C=O) groups is 1. The molecule has 1 aromatic heterocycles. The van der Waals surface area contributed by atoms with Crippen LogP contribution in [0.25, 0.3) is 0 Å². The Morgan fingerprint density at radius 2 is 2.09 bits per heavy atom. The fourth-order valence-corrected chi connectivity index (χ4v) is 2.70. The van der Waals surface area contributed by atoms with Gasteiger partial charge in [0.15, 0.2) is 0 Å². The molecular weight excluding hydrogens is 284 g/mol. The number of carboxylic acid groups (broad SMARTS) is 1. The zero-order valence-electron chi connectivity index (χ0n) is 13.3. The van der Waals surface area contributed by atoms with Gasteiger partial charge in [0.2, 0.25) is 0 Å². The number of ether oxygens (including phenoxy) is 1. The third kappa shape index (κ3) is 3.31. The minimum absolute atomic E-state index is 0.202. The SMILES string of the molecule is CCN(N)c1nc(C)c(C(=O)O)c(NC2CCOCC2)c1C. The van der Waals surface area contributed by atoms with Gasteiger partial charge in [0, 0.05) is 31.4 Å². The lowest BCUT2D eigenvalue weighted by molar-refractivity contribution is 0.0696. The van der Waals surface area contributed by atoms with E-state index in [-0.39, 0.29) is 11.6 Å². The number of aromatic carboxylic acids is 1. The Labute approximate surface area is 130 Å². The van der Waals surface area contributed by atoms with Crippen molar-refractivity contribution in [2.24, 2.45) is 5.84 Å². The Hall–Kier alpha value is -1.86. The molecule has 0 bridgehead atoms. The van der Waals surface area contributed by atoms with Gasteiger partial charge in [-0.25, -0.2) is 15.6 Å². The molecule has 2 heterocycles. The average Bonchev–Trinajstić information content (AvgIpc) is 2.50. The van der Waals surface area contributed by atoms with E-state index in [4.69, 9.17) is 10.6 Å². The maximum absolute atomic E-state index is 11.6. The summed E-state index contributed by atoms with van der Waals surface area (Å²) < 4.78 is 5.35. The van der Waals surface area contributed by atoms with E-state index in [2.05, 4.69) is 10.3 Å². The highest BCUT2D eigenvalue weighted by atomic mass is 16.5. The summed E-state index contributed by atoms with van der Waals surface area (Å²) in [6.07, 6.45) is 1.71. The van der Waals surface area contributed by atoms with Crippen molar-refractivity contribution in [2.45, 2.75) is 39.7 Å². The van der Waals surface area contributed by atoms with E-state index in [0.717, 1.165) is 18.4 Å². The van der Waals surface area contributed by atoms with Gasteiger partial charge in [-0.05, 0) is 33.6 Å². The van der Waals surface area contributed by atoms with E-state index in [1.165, 1.54) is 5.01 Å². The van der Waals surface area contributed by atoms with Gasteiger partial charge in [0.25, 0.3) is 0 Å². The lowest BCUT2D eigenvalue weighted by Crippen LogP contribution is -2.34. The summed E-state index contributed by atoms with van der Waals surface area (Å²) >= 11 is 0. The molecule has 0 amide bonds. The summed E-state index contributed by atoms with van der Waals surface area (Å²) in [6, 6.07) is 0.202. The average molecular weight is 308 g/mol. The van der Waals surface area contributed by atoms with Crippen molar-refractivity contribution in [1.82, 2.24) is 4.98 Å². The van der Waals surface area contributed by atoms with Crippen LogP contribution in [0.2, 0.25) is 0 Å². The quantitative estimate of drug-likeness (QED) is 0.562. The molecule has 0 atom stereocenters. The van der Waals surface area contributed by atoms with Gasteiger partial charge in [0.1, 0.15) is 11.4 Å². The third-order valence-electron chi connectivity index (χ3n) is 3.99. The predicted molar refractivity (Wildman–Crippen MR) is 85.3 cm³/mol. The zero-order valence-corrected chi connectivity index (χ0v) is 13.3. The van der Waals surface area contributed by atoms with E-state index in [9.17, 15) is 9.90 Å². The fraction of sp³-hybridized carbons (Fsp3) is 0.600. The van der Waals surface area contributed by atoms with Crippen LogP contribution in [0, 0.1) is 13.8 Å². The molecule has 0 spiro atoms. The second kappa shape index (κ2) is 6.93. The molecule has 1 fully saturated rings. The van der Waals surface area contributed by atoms with Gasteiger partial charge >= 0.3 is 5.97 Å². The van der Waals surface area contributed by atoms with Gasteiger partial charge < -0.3 is 15.2 Å². The zero-order chi connectivity index (χ0) is 16.3. The number of aryl methyl sites for hydroxylation is 1. The number of rotatable bonds is 5. The molecule has 0 unspecified atom stereocenters. The highest BCUT2D eigenvalue weighted by Gasteiger charge is 2.24. The molecular formula is C15H24N4O3. The molecule has 122 valence electrons. The molecule has 7 heteroatoms. The van der Waals surface area contributed by atoms with Crippen LogP contribution in [0.5, 0.6) is 0 Å². The number of nitrogens with two attached hydrogens (primary N) is 1. The Morgan fingerprint density at radius 3 is 2.64 bits per heavy atom. The van der Waals surface area contributed by atoms with E-state index in [0.29, 0.717) is 37.0 Å². The molecule has 0 aromatic carbocycles. The van der Waals surface area contributed by atoms with E-state index in [1.807, 2.05) is 13.8 Å². The van der Waals surface area contributed by atoms with Crippen LogP contribution in [0.15, 0.2) is 0 Å². The largest absolute Gasteiger partial charge is 0.478 e. The highest BCUT2D eigenvalue weighted by Crippen LogP contribution is 2.31. The van der Waals surface area contributed by atoms with E-state index in [1.54, 1.807) is 6.92 Å². The monoisotopic (exact) mass is 308 g/mol. The van der Waals surface area contributed by atoms with Crippen molar-refractivity contribution in [1.29, 1.82) is 0 Å². The number of aromatic nitrogens is 1. The van der Waals surface area contributed by atoms with Crippen molar-refractivity contribution < 1.29 is 14.6 Å². The fourth-order valence-electron chi connectivity index (χ4n) is 2.70. The van der Waals surface area contributed by atoms with Crippen molar-refractivity contribution in [3.05, 3.63) is 16.8 Å². The van der Waals surface area contributed by atoms with E-state index < -0.39 is 5.97 Å². The summed E-state index contributed by atoms with van der Waals surface area (Å²) in [4.78, 5) is 16.0. The maximum atomic E-state index is 11.6. The van der Waals surface area contributed by atoms with Gasteiger partial charge in [-0.15, -0.1) is 0 Å². The molecule has 0 aliphatic carbocycles. The Balaban J connectivity index is 2.46. The van der Waals surface area contributed by atoms with Crippen LogP contribution in [-0.2, 0) is 4.74 Å². The Morgan fingerprint density at radius 1 is 1.45 bits per heavy atom. The summed E-state index contributed by atoms with van der Waals surface area (Å²) in [5, 5.41) is 14.4. The minimum Gasteiger partial charge on any atom is -0.478 e. The first-order valence-corrected chi connectivity index (χ1v) is 7.56. The third-order valence-corrected chi connectivity index (χ3v) is 3.99. The molecule has 1 aromatic rings. The van der Waals surface area contributed by atoms with Crippen molar-refractivity contribution in [2.75, 3.05) is 30.1 Å². The second-order valence-corrected chi connectivity index (χ2v) is 5.52. The van der Waals surface area contributed by atoms with Gasteiger partial charge in [-0.2, -0.15) is 0 Å². The molecule has 1 saturated heterocycles. The first-order chi connectivity index (χ1) is 10.5. The van der Waals surface area contributed by atoms with Crippen molar-refractivity contribution in [3.63, 3.8) is 0 Å². The molecule has 2 rings (SSSR count). The van der Waals surface area contributed by atoms with Crippen molar-refractivity contribution >= 4 is 17.5 Å². The number of anilines is 2. The summed E-state index contributed by atoms with van der Waals surface area (Å²) in [7, 11) is 0. The molecule has 22 heavy (non-hydrogen) atoms. The topological polar surface area (TPSA) is 101 Å². The Kier molecular flexibility index (Phi) is 5.20. The molecule has 1 aliphatic rings. The molecule has 7 nitrogen and oxygen atoms in total. The molecule has 4 N–H and O–H groups in total. The molecule has 0 radical (unpaired) electrons. The van der Waals surface area contributed by atoms with E-state index >= 15 is 0 Å².